The third-order valence-corrected chi connectivity index (χ3v) is 4.59. The molecule has 0 aromatic carbocycles. The zero-order chi connectivity index (χ0) is 14.1. The number of carbonyl (C=O) groups excluding carboxylic acids is 2. The van der Waals surface area contributed by atoms with Gasteiger partial charge in [0.2, 0.25) is 11.8 Å². The molecule has 7 heteroatoms. The zero-order valence-electron chi connectivity index (χ0n) is 10.9. The Bertz CT molecular complexity index is 505. The Morgan fingerprint density at radius 3 is 3.05 bits per heavy atom. The summed E-state index contributed by atoms with van der Waals surface area (Å²) in [6.45, 7) is 0.923. The molecule has 0 aliphatic carbocycles. The highest BCUT2D eigenvalue weighted by Gasteiger charge is 2.45. The van der Waals surface area contributed by atoms with E-state index in [1.54, 1.807) is 16.2 Å². The van der Waals surface area contributed by atoms with Crippen molar-refractivity contribution in [2.75, 3.05) is 13.2 Å². The summed E-state index contributed by atoms with van der Waals surface area (Å²) in [4.78, 5) is 25.6. The molecule has 1 aromatic heterocycles. The van der Waals surface area contributed by atoms with E-state index in [0.29, 0.717) is 13.0 Å². The van der Waals surface area contributed by atoms with Gasteiger partial charge in [-0.05, 0) is 28.8 Å². The number of thiophene rings is 1. The molecule has 6 nitrogen and oxygen atoms in total. The van der Waals surface area contributed by atoms with E-state index in [9.17, 15) is 9.59 Å². The van der Waals surface area contributed by atoms with Gasteiger partial charge in [-0.3, -0.25) is 9.59 Å². The van der Waals surface area contributed by atoms with Crippen LogP contribution >= 0.6 is 11.3 Å². The van der Waals surface area contributed by atoms with Crippen molar-refractivity contribution in [3.63, 3.8) is 0 Å². The molecule has 2 fully saturated rings. The normalized spacial score (nSPS) is 29.4. The first-order valence-corrected chi connectivity index (χ1v) is 7.59. The van der Waals surface area contributed by atoms with Crippen LogP contribution in [0.3, 0.4) is 0 Å². The van der Waals surface area contributed by atoms with E-state index in [-0.39, 0.29) is 24.5 Å². The fraction of sp³-hybridized carbons (Fsp3) is 0.538. The van der Waals surface area contributed by atoms with Gasteiger partial charge in [-0.15, -0.1) is 0 Å². The van der Waals surface area contributed by atoms with Crippen LogP contribution in [0.25, 0.3) is 0 Å². The third kappa shape index (κ3) is 2.44. The largest absolute Gasteiger partial charge is 0.394 e. The first-order valence-electron chi connectivity index (χ1n) is 6.65. The lowest BCUT2D eigenvalue weighted by atomic mass is 10.1. The van der Waals surface area contributed by atoms with Crippen LogP contribution in [0.5, 0.6) is 0 Å². The van der Waals surface area contributed by atoms with Gasteiger partial charge in [0.1, 0.15) is 12.1 Å². The summed E-state index contributed by atoms with van der Waals surface area (Å²) in [6.07, 6.45) is 0.625. The van der Waals surface area contributed by atoms with Gasteiger partial charge in [0, 0.05) is 19.1 Å². The average Bonchev–Trinajstić information content (AvgIpc) is 3.09. The summed E-state index contributed by atoms with van der Waals surface area (Å²) >= 11 is 1.65. The number of hydrogen-bond donors (Lipinski definition) is 3. The Morgan fingerprint density at radius 1 is 1.50 bits per heavy atom. The maximum Gasteiger partial charge on any atom is 0.248 e. The van der Waals surface area contributed by atoms with Crippen molar-refractivity contribution in [2.45, 2.75) is 31.1 Å². The smallest absolute Gasteiger partial charge is 0.248 e. The van der Waals surface area contributed by atoms with Crippen molar-refractivity contribution >= 4 is 23.2 Å². The molecule has 0 bridgehead atoms. The van der Waals surface area contributed by atoms with Gasteiger partial charge in [-0.25, -0.2) is 0 Å². The number of nitrogens with one attached hydrogen (secondary N) is 2. The maximum atomic E-state index is 12.1. The SMILES string of the molecule is O=C1N[C@@H](CO)C(=O)N2C[C@@H](NCc3ccsc3)C[C@@H]12. The molecule has 0 saturated carbocycles. The first-order chi connectivity index (χ1) is 9.69. The summed E-state index contributed by atoms with van der Waals surface area (Å²) in [6, 6.07) is 0.992. The second-order valence-electron chi connectivity index (χ2n) is 5.20. The Hall–Kier alpha value is -1.44. The monoisotopic (exact) mass is 295 g/mol. The minimum absolute atomic E-state index is 0.118. The van der Waals surface area contributed by atoms with E-state index >= 15 is 0 Å². The van der Waals surface area contributed by atoms with E-state index < -0.39 is 12.1 Å². The molecule has 3 heterocycles. The van der Waals surface area contributed by atoms with Crippen molar-refractivity contribution in [1.29, 1.82) is 0 Å². The molecule has 20 heavy (non-hydrogen) atoms. The van der Waals surface area contributed by atoms with Gasteiger partial charge in [0.15, 0.2) is 0 Å². The van der Waals surface area contributed by atoms with E-state index in [2.05, 4.69) is 22.1 Å². The Balaban J connectivity index is 1.62. The van der Waals surface area contributed by atoms with Crippen LogP contribution in [0.1, 0.15) is 12.0 Å². The van der Waals surface area contributed by atoms with Crippen molar-refractivity contribution in [2.24, 2.45) is 0 Å². The number of amides is 2. The van der Waals surface area contributed by atoms with Gasteiger partial charge in [-0.2, -0.15) is 11.3 Å². The van der Waals surface area contributed by atoms with Crippen LogP contribution in [-0.2, 0) is 16.1 Å². The second kappa shape index (κ2) is 5.51. The fourth-order valence-corrected chi connectivity index (χ4v) is 3.45. The Morgan fingerprint density at radius 2 is 2.35 bits per heavy atom. The van der Waals surface area contributed by atoms with Gasteiger partial charge in [0.05, 0.1) is 6.61 Å². The fourth-order valence-electron chi connectivity index (χ4n) is 2.78. The lowest BCUT2D eigenvalue weighted by Gasteiger charge is -2.33. The van der Waals surface area contributed by atoms with Gasteiger partial charge in [0.25, 0.3) is 0 Å². The number of fused-ring (bicyclic) bond motifs is 1. The molecule has 3 rings (SSSR count). The van der Waals surface area contributed by atoms with Crippen LogP contribution in [0.4, 0.5) is 0 Å². The molecule has 108 valence electrons. The molecule has 2 aliphatic heterocycles. The predicted molar refractivity (Wildman–Crippen MR) is 74.1 cm³/mol. The molecular weight excluding hydrogens is 278 g/mol. The summed E-state index contributed by atoms with van der Waals surface area (Å²) in [7, 11) is 0. The highest BCUT2D eigenvalue weighted by atomic mass is 32.1. The molecule has 0 unspecified atom stereocenters. The molecule has 3 N–H and O–H groups in total. The lowest BCUT2D eigenvalue weighted by molar-refractivity contribution is -0.148. The summed E-state index contributed by atoms with van der Waals surface area (Å²) < 4.78 is 0. The van der Waals surface area contributed by atoms with E-state index in [0.717, 1.165) is 6.54 Å². The molecule has 2 saturated heterocycles. The quantitative estimate of drug-likeness (QED) is 0.686. The summed E-state index contributed by atoms with van der Waals surface area (Å²) in [5, 5.41) is 19.2. The number of piperazine rings is 1. The van der Waals surface area contributed by atoms with Crippen LogP contribution in [0.15, 0.2) is 16.8 Å². The first kappa shape index (κ1) is 13.5. The van der Waals surface area contributed by atoms with Gasteiger partial charge >= 0.3 is 0 Å². The van der Waals surface area contributed by atoms with Crippen LogP contribution in [-0.4, -0.2) is 53.1 Å². The molecule has 3 atom stereocenters. The highest BCUT2D eigenvalue weighted by molar-refractivity contribution is 7.07. The number of carbonyl (C=O) groups is 2. The molecule has 0 radical (unpaired) electrons. The van der Waals surface area contributed by atoms with Crippen molar-refractivity contribution in [3.8, 4) is 0 Å². The molecule has 2 amide bonds. The van der Waals surface area contributed by atoms with Crippen LogP contribution in [0, 0.1) is 0 Å². The van der Waals surface area contributed by atoms with Gasteiger partial charge < -0.3 is 20.6 Å². The van der Waals surface area contributed by atoms with E-state index in [1.165, 1.54) is 5.56 Å². The molecule has 2 aliphatic rings. The number of aliphatic hydroxyl groups is 1. The number of hydrogen-bond acceptors (Lipinski definition) is 5. The molecular formula is C13H17N3O3S. The third-order valence-electron chi connectivity index (χ3n) is 3.86. The molecule has 1 aromatic rings. The zero-order valence-corrected chi connectivity index (χ0v) is 11.7. The number of aliphatic hydroxyl groups excluding tert-OH is 1. The Labute approximate surface area is 120 Å². The van der Waals surface area contributed by atoms with E-state index in [1.807, 2.05) is 5.38 Å². The Kier molecular flexibility index (Phi) is 3.73. The molecule has 0 spiro atoms. The number of nitrogens with zero attached hydrogens (tertiary/aromatic N) is 1. The highest BCUT2D eigenvalue weighted by Crippen LogP contribution is 2.23. The lowest BCUT2D eigenvalue weighted by Crippen LogP contribution is -2.62. The second-order valence-corrected chi connectivity index (χ2v) is 5.98. The maximum absolute atomic E-state index is 12.1. The van der Waals surface area contributed by atoms with Crippen LogP contribution < -0.4 is 10.6 Å². The van der Waals surface area contributed by atoms with Crippen molar-refractivity contribution in [1.82, 2.24) is 15.5 Å². The predicted octanol–water partition coefficient (Wildman–Crippen LogP) is -0.702. The minimum Gasteiger partial charge on any atom is -0.394 e. The summed E-state index contributed by atoms with van der Waals surface area (Å²) in [5.41, 5.74) is 1.21. The van der Waals surface area contributed by atoms with Crippen LogP contribution in [0.2, 0.25) is 0 Å². The van der Waals surface area contributed by atoms with Crippen molar-refractivity contribution < 1.29 is 14.7 Å². The standard InChI is InChI=1S/C13H17N3O3S/c17-6-10-13(19)16-5-9(3-11(16)12(18)15-10)14-4-8-1-2-20-7-8/h1-2,7,9-11,14,17H,3-6H2,(H,15,18)/t9-,10-,11-/m0/s1. The topological polar surface area (TPSA) is 81.7 Å². The van der Waals surface area contributed by atoms with Gasteiger partial charge in [-0.1, -0.05) is 0 Å². The summed E-state index contributed by atoms with van der Waals surface area (Å²) in [5.74, 6) is -0.347. The minimum atomic E-state index is -0.783. The average molecular weight is 295 g/mol. The van der Waals surface area contributed by atoms with Crippen molar-refractivity contribution in [3.05, 3.63) is 22.4 Å². The van der Waals surface area contributed by atoms with E-state index in [4.69, 9.17) is 5.11 Å². The number of rotatable bonds is 4.